The van der Waals surface area contributed by atoms with Gasteiger partial charge in [0.15, 0.2) is 5.65 Å². The molecule has 0 unspecified atom stereocenters. The van der Waals surface area contributed by atoms with Crippen LogP contribution in [0.5, 0.6) is 0 Å². The molecule has 3 aromatic rings. The first-order valence-corrected chi connectivity index (χ1v) is 6.86. The summed E-state index contributed by atoms with van der Waals surface area (Å²) in [5, 5.41) is 5.23. The molecule has 98 valence electrons. The maximum atomic E-state index is 4.39. The fraction of sp³-hybridized carbons (Fsp3) is 0.308. The second-order valence-electron chi connectivity index (χ2n) is 4.57. The lowest BCUT2D eigenvalue weighted by Gasteiger charge is -2.17. The van der Waals surface area contributed by atoms with Gasteiger partial charge in [-0.3, -0.25) is 4.68 Å². The Balaban J connectivity index is 1.95. The number of nitrogens with zero attached hydrogens (tertiary/aromatic N) is 5. The average molecular weight is 273 g/mol. The second-order valence-corrected chi connectivity index (χ2v) is 5.94. The smallest absolute Gasteiger partial charge is 0.163 e. The van der Waals surface area contributed by atoms with E-state index in [9.17, 15) is 0 Å². The van der Waals surface area contributed by atoms with E-state index in [1.165, 1.54) is 9.75 Å². The van der Waals surface area contributed by atoms with Crippen LogP contribution < -0.4 is 4.90 Å². The maximum absolute atomic E-state index is 4.39. The molecule has 0 aromatic carbocycles. The molecule has 0 saturated carbocycles. The van der Waals surface area contributed by atoms with E-state index in [2.05, 4.69) is 39.0 Å². The van der Waals surface area contributed by atoms with E-state index in [1.54, 1.807) is 11.0 Å². The van der Waals surface area contributed by atoms with Crippen LogP contribution >= 0.6 is 11.3 Å². The van der Waals surface area contributed by atoms with Crippen molar-refractivity contribution in [3.8, 4) is 0 Å². The third kappa shape index (κ3) is 2.19. The number of thiophene rings is 1. The fourth-order valence-corrected chi connectivity index (χ4v) is 3.08. The molecule has 0 atom stereocenters. The number of aryl methyl sites for hydroxylation is 2. The number of aromatic nitrogens is 4. The first kappa shape index (κ1) is 12.1. The van der Waals surface area contributed by atoms with Gasteiger partial charge >= 0.3 is 0 Å². The first-order chi connectivity index (χ1) is 9.15. The Labute approximate surface area is 115 Å². The van der Waals surface area contributed by atoms with Crippen LogP contribution in [-0.4, -0.2) is 26.8 Å². The predicted molar refractivity (Wildman–Crippen MR) is 77.5 cm³/mol. The van der Waals surface area contributed by atoms with Crippen LogP contribution in [0.4, 0.5) is 5.82 Å². The van der Waals surface area contributed by atoms with Gasteiger partial charge in [-0.1, -0.05) is 0 Å². The Morgan fingerprint density at radius 3 is 2.89 bits per heavy atom. The SMILES string of the molecule is Cc1ccc(CN(C)c2ncnc3c2cnn3C)s1. The van der Waals surface area contributed by atoms with Crippen molar-refractivity contribution < 1.29 is 0 Å². The number of hydrogen-bond donors (Lipinski definition) is 0. The van der Waals surface area contributed by atoms with Crippen LogP contribution in [0.15, 0.2) is 24.7 Å². The van der Waals surface area contributed by atoms with Crippen molar-refractivity contribution in [3.63, 3.8) is 0 Å². The highest BCUT2D eigenvalue weighted by Gasteiger charge is 2.12. The van der Waals surface area contributed by atoms with E-state index in [0.29, 0.717) is 0 Å². The molecular weight excluding hydrogens is 258 g/mol. The summed E-state index contributed by atoms with van der Waals surface area (Å²) in [5.74, 6) is 0.921. The van der Waals surface area contributed by atoms with Crippen LogP contribution in [0.2, 0.25) is 0 Å². The average Bonchev–Trinajstić information content (AvgIpc) is 2.96. The third-order valence-electron chi connectivity index (χ3n) is 3.06. The van der Waals surface area contributed by atoms with Gasteiger partial charge in [-0.2, -0.15) is 5.10 Å². The molecule has 3 aromatic heterocycles. The topological polar surface area (TPSA) is 46.8 Å². The molecule has 6 heteroatoms. The highest BCUT2D eigenvalue weighted by atomic mass is 32.1. The molecule has 0 aliphatic rings. The van der Waals surface area contributed by atoms with E-state index in [1.807, 2.05) is 31.6 Å². The minimum Gasteiger partial charge on any atom is -0.354 e. The van der Waals surface area contributed by atoms with Gasteiger partial charge in [0.25, 0.3) is 0 Å². The summed E-state index contributed by atoms with van der Waals surface area (Å²) in [4.78, 5) is 13.4. The summed E-state index contributed by atoms with van der Waals surface area (Å²) >= 11 is 1.82. The molecule has 5 nitrogen and oxygen atoms in total. The fourth-order valence-electron chi connectivity index (χ4n) is 2.13. The van der Waals surface area contributed by atoms with Gasteiger partial charge in [0.1, 0.15) is 12.1 Å². The van der Waals surface area contributed by atoms with Crippen LogP contribution in [0.25, 0.3) is 11.0 Å². The Bertz CT molecular complexity index is 715. The van der Waals surface area contributed by atoms with Crippen LogP contribution in [0.3, 0.4) is 0 Å². The Kier molecular flexibility index (Phi) is 2.94. The van der Waals surface area contributed by atoms with E-state index >= 15 is 0 Å². The first-order valence-electron chi connectivity index (χ1n) is 6.04. The molecule has 0 bridgehead atoms. The minimum atomic E-state index is 0.847. The molecule has 0 N–H and O–H groups in total. The molecule has 19 heavy (non-hydrogen) atoms. The van der Waals surface area contributed by atoms with Crippen molar-refractivity contribution in [3.05, 3.63) is 34.4 Å². The number of anilines is 1. The van der Waals surface area contributed by atoms with E-state index < -0.39 is 0 Å². The van der Waals surface area contributed by atoms with Crippen molar-refractivity contribution in [2.45, 2.75) is 13.5 Å². The van der Waals surface area contributed by atoms with Crippen molar-refractivity contribution in [1.29, 1.82) is 0 Å². The molecule has 0 saturated heterocycles. The minimum absolute atomic E-state index is 0.847. The highest BCUT2D eigenvalue weighted by Crippen LogP contribution is 2.24. The lowest BCUT2D eigenvalue weighted by molar-refractivity contribution is 0.785. The highest BCUT2D eigenvalue weighted by molar-refractivity contribution is 7.11. The van der Waals surface area contributed by atoms with E-state index in [-0.39, 0.29) is 0 Å². The largest absolute Gasteiger partial charge is 0.354 e. The van der Waals surface area contributed by atoms with E-state index in [4.69, 9.17) is 0 Å². The lowest BCUT2D eigenvalue weighted by atomic mass is 10.3. The summed E-state index contributed by atoms with van der Waals surface area (Å²) < 4.78 is 1.77. The van der Waals surface area contributed by atoms with Crippen LogP contribution in [0, 0.1) is 6.92 Å². The van der Waals surface area contributed by atoms with Gasteiger partial charge in [0, 0.05) is 23.8 Å². The van der Waals surface area contributed by atoms with Gasteiger partial charge in [-0.15, -0.1) is 11.3 Å². The maximum Gasteiger partial charge on any atom is 0.163 e. The normalized spacial score (nSPS) is 11.1. The quantitative estimate of drug-likeness (QED) is 0.735. The standard InChI is InChI=1S/C13H15N5S/c1-9-4-5-10(19-9)7-17(2)12-11-6-16-18(3)13(11)15-8-14-12/h4-6,8H,7H2,1-3H3. The molecule has 0 fully saturated rings. The van der Waals surface area contributed by atoms with Crippen molar-refractivity contribution in [2.75, 3.05) is 11.9 Å². The predicted octanol–water partition coefficient (Wildman–Crippen LogP) is 2.37. The Hall–Kier alpha value is -1.95. The second kappa shape index (κ2) is 4.62. The zero-order valence-corrected chi connectivity index (χ0v) is 12.0. The molecular formula is C13H15N5S. The van der Waals surface area contributed by atoms with Gasteiger partial charge in [0.05, 0.1) is 18.1 Å². The molecule has 0 spiro atoms. The summed E-state index contributed by atoms with van der Waals surface area (Å²) in [6, 6.07) is 4.31. The zero-order valence-electron chi connectivity index (χ0n) is 11.2. The van der Waals surface area contributed by atoms with Crippen molar-refractivity contribution in [2.24, 2.45) is 7.05 Å². The van der Waals surface area contributed by atoms with Gasteiger partial charge in [-0.05, 0) is 19.1 Å². The molecule has 0 radical (unpaired) electrons. The number of rotatable bonds is 3. The molecule has 0 aliphatic heterocycles. The lowest BCUT2D eigenvalue weighted by Crippen LogP contribution is -2.17. The molecule has 0 amide bonds. The monoisotopic (exact) mass is 273 g/mol. The molecule has 3 rings (SSSR count). The number of fused-ring (bicyclic) bond motifs is 1. The van der Waals surface area contributed by atoms with Crippen molar-refractivity contribution >= 4 is 28.2 Å². The van der Waals surface area contributed by atoms with Gasteiger partial charge < -0.3 is 4.90 Å². The zero-order chi connectivity index (χ0) is 13.4. The summed E-state index contributed by atoms with van der Waals surface area (Å²) in [7, 11) is 3.94. The molecule has 3 heterocycles. The van der Waals surface area contributed by atoms with E-state index in [0.717, 1.165) is 23.4 Å². The molecule has 0 aliphatic carbocycles. The van der Waals surface area contributed by atoms with Gasteiger partial charge in [0.2, 0.25) is 0 Å². The van der Waals surface area contributed by atoms with Crippen molar-refractivity contribution in [1.82, 2.24) is 19.7 Å². The Morgan fingerprint density at radius 2 is 2.16 bits per heavy atom. The number of hydrogen-bond acceptors (Lipinski definition) is 5. The van der Waals surface area contributed by atoms with Gasteiger partial charge in [-0.25, -0.2) is 9.97 Å². The summed E-state index contributed by atoms with van der Waals surface area (Å²) in [6.07, 6.45) is 3.41. The Morgan fingerprint density at radius 1 is 1.32 bits per heavy atom. The summed E-state index contributed by atoms with van der Waals surface area (Å²) in [6.45, 7) is 2.97. The van der Waals surface area contributed by atoms with Crippen LogP contribution in [-0.2, 0) is 13.6 Å². The third-order valence-corrected chi connectivity index (χ3v) is 4.04. The summed E-state index contributed by atoms with van der Waals surface area (Å²) in [5.41, 5.74) is 0.860. The van der Waals surface area contributed by atoms with Crippen LogP contribution in [0.1, 0.15) is 9.75 Å².